The van der Waals surface area contributed by atoms with Gasteiger partial charge in [0, 0.05) is 42.7 Å². The van der Waals surface area contributed by atoms with Gasteiger partial charge in [0.25, 0.3) is 5.91 Å². The van der Waals surface area contributed by atoms with E-state index in [-0.39, 0.29) is 5.91 Å². The SMILES string of the molecule is NC(=O)c1ccc2cnn(-c3cccc(C(=O)NCCN4CCOCC4)c3)c2c1. The fourth-order valence-electron chi connectivity index (χ4n) is 3.41. The number of aromatic nitrogens is 2. The van der Waals surface area contributed by atoms with E-state index in [9.17, 15) is 9.59 Å². The van der Waals surface area contributed by atoms with Crippen LogP contribution in [0.1, 0.15) is 20.7 Å². The van der Waals surface area contributed by atoms with Crippen LogP contribution in [0, 0.1) is 0 Å². The summed E-state index contributed by atoms with van der Waals surface area (Å²) in [5.74, 6) is -0.623. The van der Waals surface area contributed by atoms with Crippen molar-refractivity contribution in [3.8, 4) is 5.69 Å². The smallest absolute Gasteiger partial charge is 0.251 e. The molecule has 1 aliphatic rings. The average molecular weight is 393 g/mol. The summed E-state index contributed by atoms with van der Waals surface area (Å²) >= 11 is 0. The summed E-state index contributed by atoms with van der Waals surface area (Å²) in [5.41, 5.74) is 7.86. The van der Waals surface area contributed by atoms with E-state index >= 15 is 0 Å². The molecule has 8 nitrogen and oxygen atoms in total. The number of nitrogens with zero attached hydrogens (tertiary/aromatic N) is 3. The largest absolute Gasteiger partial charge is 0.379 e. The molecule has 2 amide bonds. The van der Waals surface area contributed by atoms with Gasteiger partial charge in [-0.2, -0.15) is 5.10 Å². The summed E-state index contributed by atoms with van der Waals surface area (Å²) in [4.78, 5) is 26.3. The molecule has 0 spiro atoms. The van der Waals surface area contributed by atoms with Crippen LogP contribution in [0.5, 0.6) is 0 Å². The number of hydrogen-bond acceptors (Lipinski definition) is 5. The molecule has 4 rings (SSSR count). The number of carbonyl (C=O) groups excluding carboxylic acids is 2. The van der Waals surface area contributed by atoms with Gasteiger partial charge in [0.05, 0.1) is 30.6 Å². The average Bonchev–Trinajstić information content (AvgIpc) is 3.18. The van der Waals surface area contributed by atoms with Crippen molar-refractivity contribution in [2.45, 2.75) is 0 Å². The maximum absolute atomic E-state index is 12.6. The molecule has 0 bridgehead atoms. The van der Waals surface area contributed by atoms with Crippen molar-refractivity contribution in [1.82, 2.24) is 20.0 Å². The molecule has 0 saturated carbocycles. The first-order valence-electron chi connectivity index (χ1n) is 9.58. The number of fused-ring (bicyclic) bond motifs is 1. The number of rotatable bonds is 6. The minimum Gasteiger partial charge on any atom is -0.379 e. The molecule has 0 atom stereocenters. The number of amides is 2. The van der Waals surface area contributed by atoms with E-state index in [0.717, 1.165) is 49.4 Å². The Morgan fingerprint density at radius 1 is 1.10 bits per heavy atom. The third kappa shape index (κ3) is 4.28. The van der Waals surface area contributed by atoms with Crippen LogP contribution in [0.3, 0.4) is 0 Å². The lowest BCUT2D eigenvalue weighted by atomic mass is 10.1. The van der Waals surface area contributed by atoms with Gasteiger partial charge in [-0.1, -0.05) is 12.1 Å². The lowest BCUT2D eigenvalue weighted by Crippen LogP contribution is -2.41. The molecule has 3 aromatic rings. The number of nitrogens with one attached hydrogen (secondary N) is 1. The summed E-state index contributed by atoms with van der Waals surface area (Å²) in [5, 5.41) is 8.26. The zero-order valence-corrected chi connectivity index (χ0v) is 16.0. The van der Waals surface area contributed by atoms with E-state index in [1.165, 1.54) is 0 Å². The zero-order valence-electron chi connectivity index (χ0n) is 16.0. The molecule has 2 aromatic carbocycles. The molecule has 0 radical (unpaired) electrons. The van der Waals surface area contributed by atoms with Crippen LogP contribution >= 0.6 is 0 Å². The lowest BCUT2D eigenvalue weighted by Gasteiger charge is -2.26. The Morgan fingerprint density at radius 2 is 1.93 bits per heavy atom. The van der Waals surface area contributed by atoms with Crippen LogP contribution in [0.25, 0.3) is 16.6 Å². The van der Waals surface area contributed by atoms with Crippen molar-refractivity contribution in [2.24, 2.45) is 5.73 Å². The van der Waals surface area contributed by atoms with Crippen LogP contribution in [0.4, 0.5) is 0 Å². The summed E-state index contributed by atoms with van der Waals surface area (Å²) in [7, 11) is 0. The van der Waals surface area contributed by atoms with Crippen LogP contribution in [-0.2, 0) is 4.74 Å². The van der Waals surface area contributed by atoms with Gasteiger partial charge in [0.2, 0.25) is 5.91 Å². The molecule has 3 N–H and O–H groups in total. The van der Waals surface area contributed by atoms with Crippen LogP contribution in [-0.4, -0.2) is 65.9 Å². The molecule has 1 aliphatic heterocycles. The van der Waals surface area contributed by atoms with Crippen molar-refractivity contribution in [2.75, 3.05) is 39.4 Å². The van der Waals surface area contributed by atoms with Gasteiger partial charge in [0.15, 0.2) is 0 Å². The summed E-state index contributed by atoms with van der Waals surface area (Å²) < 4.78 is 7.03. The predicted octanol–water partition coefficient (Wildman–Crippen LogP) is 1.19. The van der Waals surface area contributed by atoms with Crippen LogP contribution < -0.4 is 11.1 Å². The van der Waals surface area contributed by atoms with Crippen molar-refractivity contribution in [3.63, 3.8) is 0 Å². The Balaban J connectivity index is 1.49. The Hall–Kier alpha value is -3.23. The number of benzene rings is 2. The van der Waals surface area contributed by atoms with E-state index in [2.05, 4.69) is 15.3 Å². The lowest BCUT2D eigenvalue weighted by molar-refractivity contribution is 0.0383. The minimum absolute atomic E-state index is 0.130. The fraction of sp³-hybridized carbons (Fsp3) is 0.286. The van der Waals surface area contributed by atoms with E-state index in [1.807, 2.05) is 12.1 Å². The highest BCUT2D eigenvalue weighted by molar-refractivity contribution is 5.97. The van der Waals surface area contributed by atoms with Gasteiger partial charge in [-0.3, -0.25) is 14.5 Å². The Morgan fingerprint density at radius 3 is 2.72 bits per heavy atom. The third-order valence-corrected chi connectivity index (χ3v) is 5.03. The normalized spacial score (nSPS) is 14.8. The maximum Gasteiger partial charge on any atom is 0.251 e. The van der Waals surface area contributed by atoms with Crippen molar-refractivity contribution >= 4 is 22.7 Å². The monoisotopic (exact) mass is 393 g/mol. The van der Waals surface area contributed by atoms with Gasteiger partial charge >= 0.3 is 0 Å². The molecular formula is C21H23N5O3. The molecule has 1 fully saturated rings. The molecule has 29 heavy (non-hydrogen) atoms. The Bertz CT molecular complexity index is 1040. The zero-order chi connectivity index (χ0) is 20.2. The van der Waals surface area contributed by atoms with Crippen molar-refractivity contribution in [3.05, 3.63) is 59.8 Å². The van der Waals surface area contributed by atoms with Gasteiger partial charge < -0.3 is 15.8 Å². The number of hydrogen-bond donors (Lipinski definition) is 2. The van der Waals surface area contributed by atoms with E-state index in [1.54, 1.807) is 41.2 Å². The number of morpholine rings is 1. The molecule has 1 saturated heterocycles. The molecule has 1 aromatic heterocycles. The fourth-order valence-corrected chi connectivity index (χ4v) is 3.41. The highest BCUT2D eigenvalue weighted by Gasteiger charge is 2.13. The highest BCUT2D eigenvalue weighted by Crippen LogP contribution is 2.20. The van der Waals surface area contributed by atoms with Gasteiger partial charge in [-0.25, -0.2) is 4.68 Å². The minimum atomic E-state index is -0.493. The predicted molar refractivity (Wildman–Crippen MR) is 109 cm³/mol. The number of nitrogens with two attached hydrogens (primary N) is 1. The molecule has 0 unspecified atom stereocenters. The van der Waals surface area contributed by atoms with Gasteiger partial charge in [0.1, 0.15) is 0 Å². The first-order valence-corrected chi connectivity index (χ1v) is 9.58. The summed E-state index contributed by atoms with van der Waals surface area (Å²) in [6.07, 6.45) is 1.72. The molecule has 0 aliphatic carbocycles. The first-order chi connectivity index (χ1) is 14.1. The number of ether oxygens (including phenoxy) is 1. The van der Waals surface area contributed by atoms with Crippen molar-refractivity contribution in [1.29, 1.82) is 0 Å². The summed E-state index contributed by atoms with van der Waals surface area (Å²) in [6, 6.07) is 12.4. The highest BCUT2D eigenvalue weighted by atomic mass is 16.5. The second-order valence-electron chi connectivity index (χ2n) is 6.95. The Kier molecular flexibility index (Phi) is 5.55. The van der Waals surface area contributed by atoms with E-state index in [0.29, 0.717) is 17.7 Å². The second-order valence-corrected chi connectivity index (χ2v) is 6.95. The Labute approximate surface area is 168 Å². The molecular weight excluding hydrogens is 370 g/mol. The number of carbonyl (C=O) groups is 2. The summed E-state index contributed by atoms with van der Waals surface area (Å²) in [6.45, 7) is 4.65. The molecule has 2 heterocycles. The van der Waals surface area contributed by atoms with Crippen LogP contribution in [0.15, 0.2) is 48.7 Å². The molecule has 8 heteroatoms. The maximum atomic E-state index is 12.6. The standard InChI is InChI=1S/C21H23N5O3/c22-20(27)15-4-5-17-14-24-26(19(17)13-15)18-3-1-2-16(12-18)21(28)23-6-7-25-8-10-29-11-9-25/h1-5,12-14H,6-11H2,(H2,22,27)(H,23,28). The number of primary amides is 1. The second kappa shape index (κ2) is 8.42. The quantitative estimate of drug-likeness (QED) is 0.655. The first kappa shape index (κ1) is 19.1. The van der Waals surface area contributed by atoms with E-state index < -0.39 is 5.91 Å². The van der Waals surface area contributed by atoms with E-state index in [4.69, 9.17) is 10.5 Å². The van der Waals surface area contributed by atoms with Gasteiger partial charge in [-0.15, -0.1) is 0 Å². The van der Waals surface area contributed by atoms with Crippen molar-refractivity contribution < 1.29 is 14.3 Å². The molecule has 150 valence electrons. The van der Waals surface area contributed by atoms with Gasteiger partial charge in [-0.05, 0) is 30.3 Å². The van der Waals surface area contributed by atoms with Crippen LogP contribution in [0.2, 0.25) is 0 Å². The third-order valence-electron chi connectivity index (χ3n) is 5.03. The topological polar surface area (TPSA) is 102 Å².